The first kappa shape index (κ1) is 8.12. The van der Waals surface area contributed by atoms with Crippen LogP contribution in [0.3, 0.4) is 0 Å². The summed E-state index contributed by atoms with van der Waals surface area (Å²) in [7, 11) is 0. The molecule has 1 aromatic carbocycles. The molecule has 0 saturated heterocycles. The summed E-state index contributed by atoms with van der Waals surface area (Å²) in [6, 6.07) is 7.92. The quantitative estimate of drug-likeness (QED) is 0.493. The van der Waals surface area contributed by atoms with Crippen LogP contribution in [0.4, 0.5) is 0 Å². The number of aryl methyl sites for hydroxylation is 1. The van der Waals surface area contributed by atoms with Crippen molar-refractivity contribution in [3.63, 3.8) is 0 Å². The van der Waals surface area contributed by atoms with Gasteiger partial charge in [-0.1, -0.05) is 30.0 Å². The Bertz CT molecular complexity index is 287. The lowest BCUT2D eigenvalue weighted by Crippen LogP contribution is -1.74. The molecule has 1 nitrogen and oxygen atoms in total. The lowest BCUT2D eigenvalue weighted by atomic mass is 10.2. The molecule has 0 atom stereocenters. The maximum atomic E-state index is 9.89. The maximum Gasteiger partial charge on any atom is 0.131 e. The Morgan fingerprint density at radius 2 is 2.18 bits per heavy atom. The van der Waals surface area contributed by atoms with E-state index in [9.17, 15) is 4.79 Å². The van der Waals surface area contributed by atoms with Crippen molar-refractivity contribution in [1.29, 1.82) is 0 Å². The Hall–Kier alpha value is -0.980. The molecule has 0 fully saturated rings. The van der Waals surface area contributed by atoms with Crippen LogP contribution >= 0.6 is 11.8 Å². The average Bonchev–Trinajstić information content (AvgIpc) is 2.03. The summed E-state index contributed by atoms with van der Waals surface area (Å²) in [6.07, 6.45) is 0. The summed E-state index contributed by atoms with van der Waals surface area (Å²) in [5.41, 5.74) is 1.18. The van der Waals surface area contributed by atoms with Gasteiger partial charge < -0.3 is 0 Å². The lowest BCUT2D eigenvalue weighted by Gasteiger charge is -1.97. The topological polar surface area (TPSA) is 17.1 Å². The van der Waals surface area contributed by atoms with Crippen LogP contribution in [-0.2, 0) is 4.79 Å². The zero-order valence-corrected chi connectivity index (χ0v) is 7.02. The minimum absolute atomic E-state index is 1.11. The molecule has 0 saturated carbocycles. The molecule has 56 valence electrons. The molecule has 0 amide bonds. The third-order valence-electron chi connectivity index (χ3n) is 1.33. The predicted molar refractivity (Wildman–Crippen MR) is 47.3 cm³/mol. The van der Waals surface area contributed by atoms with Crippen molar-refractivity contribution >= 4 is 17.7 Å². The number of benzene rings is 1. The Morgan fingerprint density at radius 1 is 1.45 bits per heavy atom. The fourth-order valence-corrected chi connectivity index (χ4v) is 1.36. The molecule has 1 aromatic rings. The third-order valence-corrected chi connectivity index (χ3v) is 2.25. The first-order valence-corrected chi connectivity index (χ1v) is 4.14. The Morgan fingerprint density at radius 3 is 2.82 bits per heavy atom. The highest BCUT2D eigenvalue weighted by molar-refractivity contribution is 8.02. The molecular weight excluding hydrogens is 156 g/mol. The van der Waals surface area contributed by atoms with Gasteiger partial charge in [-0.25, -0.2) is 4.79 Å². The molecule has 0 aliphatic carbocycles. The van der Waals surface area contributed by atoms with E-state index in [1.807, 2.05) is 31.2 Å². The van der Waals surface area contributed by atoms with Gasteiger partial charge in [-0.3, -0.25) is 0 Å². The van der Waals surface area contributed by atoms with E-state index in [0.717, 1.165) is 4.90 Å². The molecule has 0 radical (unpaired) electrons. The van der Waals surface area contributed by atoms with Crippen molar-refractivity contribution in [2.75, 3.05) is 0 Å². The summed E-state index contributed by atoms with van der Waals surface area (Å²) in [4.78, 5) is 11.0. The van der Waals surface area contributed by atoms with E-state index in [-0.39, 0.29) is 0 Å². The second-order valence-corrected chi connectivity index (χ2v) is 3.03. The van der Waals surface area contributed by atoms with Gasteiger partial charge in [-0.15, -0.1) is 0 Å². The van der Waals surface area contributed by atoms with Crippen molar-refractivity contribution in [1.82, 2.24) is 0 Å². The van der Waals surface area contributed by atoms with Crippen molar-refractivity contribution < 1.29 is 4.79 Å². The Labute approximate surface area is 70.1 Å². The van der Waals surface area contributed by atoms with Crippen LogP contribution in [0, 0.1) is 6.92 Å². The number of hydrogen-bond acceptors (Lipinski definition) is 2. The van der Waals surface area contributed by atoms with Gasteiger partial charge in [-0.2, -0.15) is 0 Å². The molecule has 0 unspecified atom stereocenters. The molecule has 0 aromatic heterocycles. The van der Waals surface area contributed by atoms with Gasteiger partial charge >= 0.3 is 0 Å². The molecule has 0 bridgehead atoms. The van der Waals surface area contributed by atoms with Crippen LogP contribution in [-0.4, -0.2) is 5.94 Å². The van der Waals surface area contributed by atoms with Crippen LogP contribution in [0.1, 0.15) is 5.56 Å². The monoisotopic (exact) mass is 164 g/mol. The molecule has 0 heterocycles. The van der Waals surface area contributed by atoms with E-state index in [1.165, 1.54) is 22.7 Å². The standard InChI is InChI=1S/C9H8OS/c1-8-4-2-3-5-9(8)11-7-6-10/h2-5,7H,1H3. The summed E-state index contributed by atoms with van der Waals surface area (Å²) >= 11 is 1.40. The second kappa shape index (κ2) is 4.02. The smallest absolute Gasteiger partial charge is 0.131 e. The van der Waals surface area contributed by atoms with Crippen molar-refractivity contribution in [2.24, 2.45) is 0 Å². The predicted octanol–water partition coefficient (Wildman–Crippen LogP) is 2.43. The van der Waals surface area contributed by atoms with E-state index >= 15 is 0 Å². The van der Waals surface area contributed by atoms with Crippen molar-refractivity contribution in [2.45, 2.75) is 11.8 Å². The summed E-state index contributed by atoms with van der Waals surface area (Å²) in [5.74, 6) is 1.73. The molecule has 0 aliphatic rings. The normalized spacial score (nSPS) is 8.82. The highest BCUT2D eigenvalue weighted by atomic mass is 32.2. The third kappa shape index (κ3) is 2.26. The van der Waals surface area contributed by atoms with Gasteiger partial charge in [-0.05, 0) is 18.6 Å². The molecule has 0 aliphatic heterocycles. The van der Waals surface area contributed by atoms with Gasteiger partial charge in [0, 0.05) is 4.90 Å². The number of hydrogen-bond donors (Lipinski definition) is 0. The van der Waals surface area contributed by atoms with Crippen molar-refractivity contribution in [3.8, 4) is 0 Å². The van der Waals surface area contributed by atoms with Crippen LogP contribution in [0.15, 0.2) is 34.6 Å². The first-order chi connectivity index (χ1) is 5.34. The van der Waals surface area contributed by atoms with E-state index in [2.05, 4.69) is 0 Å². The summed E-state index contributed by atoms with van der Waals surface area (Å²) in [6.45, 7) is 2.01. The minimum atomic E-state index is 1.11. The zero-order valence-electron chi connectivity index (χ0n) is 6.20. The first-order valence-electron chi connectivity index (χ1n) is 3.26. The maximum absolute atomic E-state index is 9.89. The van der Waals surface area contributed by atoms with Gasteiger partial charge in [0.1, 0.15) is 5.94 Å². The van der Waals surface area contributed by atoms with Crippen LogP contribution in [0.2, 0.25) is 0 Å². The lowest BCUT2D eigenvalue weighted by molar-refractivity contribution is 0.569. The van der Waals surface area contributed by atoms with Crippen LogP contribution in [0.25, 0.3) is 0 Å². The Balaban J connectivity index is 2.85. The van der Waals surface area contributed by atoms with Gasteiger partial charge in [0.05, 0.1) is 5.41 Å². The van der Waals surface area contributed by atoms with Crippen LogP contribution < -0.4 is 0 Å². The average molecular weight is 164 g/mol. The highest BCUT2D eigenvalue weighted by Gasteiger charge is 1.92. The fraction of sp³-hybridized carbons (Fsp3) is 0.111. The highest BCUT2D eigenvalue weighted by Crippen LogP contribution is 2.21. The molecule has 2 heteroatoms. The van der Waals surface area contributed by atoms with E-state index < -0.39 is 0 Å². The SMILES string of the molecule is Cc1ccccc1SC=C=O. The second-order valence-electron chi connectivity index (χ2n) is 2.12. The zero-order chi connectivity index (χ0) is 8.10. The van der Waals surface area contributed by atoms with E-state index in [0.29, 0.717) is 0 Å². The fourth-order valence-electron chi connectivity index (χ4n) is 0.776. The molecular formula is C9H8OS. The van der Waals surface area contributed by atoms with Gasteiger partial charge in [0.15, 0.2) is 0 Å². The van der Waals surface area contributed by atoms with Gasteiger partial charge in [0.25, 0.3) is 0 Å². The van der Waals surface area contributed by atoms with Crippen LogP contribution in [0.5, 0.6) is 0 Å². The molecule has 0 spiro atoms. The largest absolute Gasteiger partial charge is 0.233 e. The molecule has 1 rings (SSSR count). The minimum Gasteiger partial charge on any atom is -0.233 e. The number of rotatable bonds is 2. The van der Waals surface area contributed by atoms with Gasteiger partial charge in [0.2, 0.25) is 0 Å². The van der Waals surface area contributed by atoms with E-state index in [1.54, 1.807) is 5.94 Å². The van der Waals surface area contributed by atoms with E-state index in [4.69, 9.17) is 0 Å². The molecule has 11 heavy (non-hydrogen) atoms. The molecule has 0 N–H and O–H groups in total. The summed E-state index contributed by atoms with van der Waals surface area (Å²) in [5, 5.41) is 1.42. The number of carbonyl (C=O) groups excluding carboxylic acids is 1. The summed E-state index contributed by atoms with van der Waals surface area (Å²) < 4.78 is 0. The van der Waals surface area contributed by atoms with Crippen molar-refractivity contribution in [3.05, 3.63) is 35.2 Å². The number of thioether (sulfide) groups is 1. The Kier molecular flexibility index (Phi) is 2.96.